The lowest BCUT2D eigenvalue weighted by Gasteiger charge is -2.35. The summed E-state index contributed by atoms with van der Waals surface area (Å²) in [6.45, 7) is 2.63. The molecule has 0 spiro atoms. The highest BCUT2D eigenvalue weighted by atomic mass is 35.5. The molecular weight excluding hydrogens is 442 g/mol. The Morgan fingerprint density at radius 2 is 2.00 bits per heavy atom. The number of carbonyl (C=O) groups is 1. The summed E-state index contributed by atoms with van der Waals surface area (Å²) in [6.07, 6.45) is 3.92. The number of nitrogens with zero attached hydrogens (tertiary/aromatic N) is 5. The highest BCUT2D eigenvalue weighted by molar-refractivity contribution is 6.30. The van der Waals surface area contributed by atoms with Crippen LogP contribution < -0.4 is 9.47 Å². The molecule has 1 aliphatic rings. The molecule has 0 bridgehead atoms. The van der Waals surface area contributed by atoms with E-state index in [9.17, 15) is 4.79 Å². The third kappa shape index (κ3) is 3.76. The molecule has 1 atom stereocenters. The molecule has 9 heteroatoms. The molecule has 168 valence electrons. The Labute approximate surface area is 195 Å². The second kappa shape index (κ2) is 8.37. The third-order valence-electron chi connectivity index (χ3n) is 5.99. The summed E-state index contributed by atoms with van der Waals surface area (Å²) in [5.74, 6) is 0.885. The molecule has 1 amide bonds. The standard InChI is InChI=1S/C24H22ClN5O3/c1-14-18-5-4-15(19-6-7-22(32-2)27-23(19)33-3)10-16(18)8-9-29(14)24(31)20-11-21-26-12-17(25)13-30(21)28-20/h4-7,10-14H,8-9H2,1-3H3. The predicted octanol–water partition coefficient (Wildman–Crippen LogP) is 4.22. The van der Waals surface area contributed by atoms with Gasteiger partial charge in [0.15, 0.2) is 11.3 Å². The third-order valence-corrected chi connectivity index (χ3v) is 6.19. The molecule has 4 heterocycles. The van der Waals surface area contributed by atoms with Crippen LogP contribution in [0.2, 0.25) is 5.02 Å². The Morgan fingerprint density at radius 3 is 2.79 bits per heavy atom. The first kappa shape index (κ1) is 21.2. The maximum atomic E-state index is 13.3. The Balaban J connectivity index is 1.43. The molecule has 1 aromatic carbocycles. The highest BCUT2D eigenvalue weighted by Crippen LogP contribution is 2.36. The number of pyridine rings is 1. The lowest BCUT2D eigenvalue weighted by molar-refractivity contribution is 0.0671. The van der Waals surface area contributed by atoms with Crippen molar-refractivity contribution in [3.05, 3.63) is 70.6 Å². The molecular formula is C24H22ClN5O3. The van der Waals surface area contributed by atoms with Crippen LogP contribution in [-0.2, 0) is 6.42 Å². The van der Waals surface area contributed by atoms with Gasteiger partial charge in [-0.25, -0.2) is 9.50 Å². The van der Waals surface area contributed by atoms with E-state index < -0.39 is 0 Å². The summed E-state index contributed by atoms with van der Waals surface area (Å²) in [5, 5.41) is 4.84. The van der Waals surface area contributed by atoms with E-state index in [2.05, 4.69) is 27.2 Å². The summed E-state index contributed by atoms with van der Waals surface area (Å²) >= 11 is 5.99. The lowest BCUT2D eigenvalue weighted by atomic mass is 9.90. The van der Waals surface area contributed by atoms with E-state index in [1.54, 1.807) is 26.5 Å². The van der Waals surface area contributed by atoms with Crippen LogP contribution in [0.5, 0.6) is 11.8 Å². The monoisotopic (exact) mass is 463 g/mol. The average molecular weight is 464 g/mol. The van der Waals surface area contributed by atoms with Crippen molar-refractivity contribution in [1.29, 1.82) is 0 Å². The van der Waals surface area contributed by atoms with E-state index >= 15 is 0 Å². The Kier molecular flexibility index (Phi) is 5.38. The largest absolute Gasteiger partial charge is 0.481 e. The second-order valence-corrected chi connectivity index (χ2v) is 8.29. The Morgan fingerprint density at radius 1 is 1.15 bits per heavy atom. The van der Waals surface area contributed by atoms with Crippen molar-refractivity contribution in [3.8, 4) is 22.9 Å². The van der Waals surface area contributed by atoms with Gasteiger partial charge in [0.25, 0.3) is 5.91 Å². The van der Waals surface area contributed by atoms with E-state index in [0.717, 1.165) is 23.1 Å². The summed E-state index contributed by atoms with van der Waals surface area (Å²) in [5.41, 5.74) is 5.15. The molecule has 0 aliphatic carbocycles. The fourth-order valence-corrected chi connectivity index (χ4v) is 4.44. The zero-order valence-corrected chi connectivity index (χ0v) is 19.2. The summed E-state index contributed by atoms with van der Waals surface area (Å²) < 4.78 is 12.2. The second-order valence-electron chi connectivity index (χ2n) is 7.85. The molecule has 4 aromatic rings. The molecule has 0 fully saturated rings. The van der Waals surface area contributed by atoms with Gasteiger partial charge in [-0.05, 0) is 36.1 Å². The Bertz CT molecular complexity index is 1370. The van der Waals surface area contributed by atoms with Gasteiger partial charge < -0.3 is 14.4 Å². The average Bonchev–Trinajstić information content (AvgIpc) is 3.26. The van der Waals surface area contributed by atoms with Gasteiger partial charge in [0.1, 0.15) is 0 Å². The highest BCUT2D eigenvalue weighted by Gasteiger charge is 2.30. The minimum Gasteiger partial charge on any atom is -0.481 e. The van der Waals surface area contributed by atoms with Gasteiger partial charge in [0, 0.05) is 30.4 Å². The maximum absolute atomic E-state index is 13.3. The van der Waals surface area contributed by atoms with E-state index in [0.29, 0.717) is 34.7 Å². The molecule has 1 unspecified atom stereocenters. The van der Waals surface area contributed by atoms with Gasteiger partial charge in [-0.2, -0.15) is 10.1 Å². The zero-order chi connectivity index (χ0) is 23.1. The zero-order valence-electron chi connectivity index (χ0n) is 18.4. The van der Waals surface area contributed by atoms with Gasteiger partial charge in [-0.15, -0.1) is 0 Å². The summed E-state index contributed by atoms with van der Waals surface area (Å²) in [7, 11) is 3.17. The molecule has 8 nitrogen and oxygen atoms in total. The van der Waals surface area contributed by atoms with Crippen LogP contribution in [0.3, 0.4) is 0 Å². The number of carbonyl (C=O) groups excluding carboxylic acids is 1. The number of methoxy groups -OCH3 is 2. The molecule has 1 aliphatic heterocycles. The SMILES string of the molecule is COc1ccc(-c2ccc3c(c2)CCN(C(=O)c2cc4ncc(Cl)cn4n2)C3C)c(OC)n1. The number of rotatable bonds is 4. The van der Waals surface area contributed by atoms with Crippen molar-refractivity contribution in [2.45, 2.75) is 19.4 Å². The fraction of sp³-hybridized carbons (Fsp3) is 0.250. The van der Waals surface area contributed by atoms with E-state index in [-0.39, 0.29) is 11.9 Å². The minimum absolute atomic E-state index is 0.0902. The van der Waals surface area contributed by atoms with Gasteiger partial charge in [0.2, 0.25) is 11.8 Å². The molecule has 0 N–H and O–H groups in total. The first-order valence-corrected chi connectivity index (χ1v) is 10.9. The molecule has 0 saturated heterocycles. The van der Waals surface area contributed by atoms with Crippen LogP contribution in [0.1, 0.15) is 34.6 Å². The van der Waals surface area contributed by atoms with Crippen molar-refractivity contribution in [1.82, 2.24) is 24.5 Å². The van der Waals surface area contributed by atoms with Crippen molar-refractivity contribution >= 4 is 23.2 Å². The molecule has 0 saturated carbocycles. The number of halogens is 1. The van der Waals surface area contributed by atoms with Crippen LogP contribution in [0.25, 0.3) is 16.8 Å². The normalized spacial score (nSPS) is 15.4. The van der Waals surface area contributed by atoms with Crippen LogP contribution in [-0.4, -0.2) is 51.2 Å². The van der Waals surface area contributed by atoms with Crippen molar-refractivity contribution < 1.29 is 14.3 Å². The van der Waals surface area contributed by atoms with Gasteiger partial charge in [-0.3, -0.25) is 4.79 Å². The smallest absolute Gasteiger partial charge is 0.274 e. The van der Waals surface area contributed by atoms with Crippen LogP contribution >= 0.6 is 11.6 Å². The number of fused-ring (bicyclic) bond motifs is 2. The quantitative estimate of drug-likeness (QED) is 0.450. The van der Waals surface area contributed by atoms with Crippen LogP contribution in [0.4, 0.5) is 0 Å². The van der Waals surface area contributed by atoms with E-state index in [1.165, 1.54) is 16.3 Å². The first-order chi connectivity index (χ1) is 16.0. The molecule has 5 rings (SSSR count). The van der Waals surface area contributed by atoms with Crippen LogP contribution in [0.15, 0.2) is 48.8 Å². The van der Waals surface area contributed by atoms with Crippen molar-refractivity contribution in [3.63, 3.8) is 0 Å². The summed E-state index contributed by atoms with van der Waals surface area (Å²) in [6, 6.07) is 11.6. The number of aromatic nitrogens is 4. The minimum atomic E-state index is -0.125. The number of ether oxygens (including phenoxy) is 2. The first-order valence-electron chi connectivity index (χ1n) is 10.5. The number of benzene rings is 1. The molecule has 0 radical (unpaired) electrons. The van der Waals surface area contributed by atoms with Crippen molar-refractivity contribution in [2.24, 2.45) is 0 Å². The fourth-order valence-electron chi connectivity index (χ4n) is 4.30. The van der Waals surface area contributed by atoms with E-state index in [1.807, 2.05) is 30.0 Å². The van der Waals surface area contributed by atoms with E-state index in [4.69, 9.17) is 21.1 Å². The number of hydrogen-bond acceptors (Lipinski definition) is 6. The van der Waals surface area contributed by atoms with Gasteiger partial charge >= 0.3 is 0 Å². The number of hydrogen-bond donors (Lipinski definition) is 0. The summed E-state index contributed by atoms with van der Waals surface area (Å²) in [4.78, 5) is 23.7. The Hall–Kier alpha value is -3.65. The lowest BCUT2D eigenvalue weighted by Crippen LogP contribution is -2.39. The molecule has 3 aromatic heterocycles. The topological polar surface area (TPSA) is 81.9 Å². The number of amides is 1. The van der Waals surface area contributed by atoms with Crippen molar-refractivity contribution in [2.75, 3.05) is 20.8 Å². The van der Waals surface area contributed by atoms with Gasteiger partial charge in [0.05, 0.1) is 31.5 Å². The van der Waals surface area contributed by atoms with Gasteiger partial charge in [-0.1, -0.05) is 29.8 Å². The molecule has 33 heavy (non-hydrogen) atoms. The van der Waals surface area contributed by atoms with Crippen LogP contribution in [0, 0.1) is 0 Å². The predicted molar refractivity (Wildman–Crippen MR) is 124 cm³/mol. The maximum Gasteiger partial charge on any atom is 0.274 e.